The largest absolute Gasteiger partial charge is 0.748 e. The Morgan fingerprint density at radius 2 is 1.55 bits per heavy atom. The first-order chi connectivity index (χ1) is 9.92. The lowest BCUT2D eigenvalue weighted by atomic mass is 10.0. The Bertz CT molecular complexity index is 398. The second-order valence-electron chi connectivity index (χ2n) is 6.20. The van der Waals surface area contributed by atoms with E-state index in [9.17, 15) is 17.8 Å². The highest BCUT2D eigenvalue weighted by Crippen LogP contribution is 2.09. The van der Waals surface area contributed by atoms with Crippen LogP contribution in [0.2, 0.25) is 0 Å². The Morgan fingerprint density at radius 3 is 1.77 bits per heavy atom. The fourth-order valence-corrected chi connectivity index (χ4v) is 2.83. The molecule has 0 aliphatic carbocycles. The lowest BCUT2D eigenvalue weighted by Gasteiger charge is -2.28. The SMILES string of the molecule is CCC(C)C(=O)NC(C)(C)CS(=O)(=O)[O-].CC[NH+](CC)CC. The van der Waals surface area contributed by atoms with Crippen molar-refractivity contribution in [2.75, 3.05) is 25.4 Å². The number of nitrogens with one attached hydrogen (secondary N) is 2. The van der Waals surface area contributed by atoms with E-state index in [1.165, 1.54) is 33.5 Å². The highest BCUT2D eigenvalue weighted by Gasteiger charge is 2.25. The molecule has 0 radical (unpaired) electrons. The summed E-state index contributed by atoms with van der Waals surface area (Å²) in [6.07, 6.45) is 0.673. The Balaban J connectivity index is 0. The van der Waals surface area contributed by atoms with E-state index in [4.69, 9.17) is 0 Å². The predicted octanol–water partition coefficient (Wildman–Crippen LogP) is 0.404. The van der Waals surface area contributed by atoms with E-state index in [0.717, 1.165) is 0 Å². The molecule has 22 heavy (non-hydrogen) atoms. The van der Waals surface area contributed by atoms with Gasteiger partial charge in [0.2, 0.25) is 5.91 Å². The van der Waals surface area contributed by atoms with Gasteiger partial charge in [-0.2, -0.15) is 0 Å². The third-order valence-corrected chi connectivity index (χ3v) is 4.63. The van der Waals surface area contributed by atoms with Gasteiger partial charge in [-0.3, -0.25) is 4.79 Å². The smallest absolute Gasteiger partial charge is 0.223 e. The quantitative estimate of drug-likeness (QED) is 0.627. The molecule has 0 rings (SSSR count). The number of hydrogen-bond donors (Lipinski definition) is 2. The van der Waals surface area contributed by atoms with Crippen LogP contribution in [0.5, 0.6) is 0 Å². The van der Waals surface area contributed by atoms with Gasteiger partial charge in [0.1, 0.15) is 0 Å². The molecule has 0 aliphatic heterocycles. The van der Waals surface area contributed by atoms with Gasteiger partial charge in [0.25, 0.3) is 0 Å². The molecular weight excluding hydrogens is 304 g/mol. The van der Waals surface area contributed by atoms with Crippen LogP contribution < -0.4 is 10.2 Å². The van der Waals surface area contributed by atoms with Gasteiger partial charge in [-0.05, 0) is 41.0 Å². The number of quaternary nitrogens is 1. The van der Waals surface area contributed by atoms with E-state index in [0.29, 0.717) is 6.42 Å². The number of rotatable bonds is 8. The maximum atomic E-state index is 11.5. The molecule has 1 atom stereocenters. The number of carbonyl (C=O) groups excluding carboxylic acids is 1. The second-order valence-corrected chi connectivity index (χ2v) is 7.60. The molecule has 0 heterocycles. The van der Waals surface area contributed by atoms with Crippen LogP contribution in [0, 0.1) is 5.92 Å². The lowest BCUT2D eigenvalue weighted by molar-refractivity contribution is -0.894. The van der Waals surface area contributed by atoms with E-state index >= 15 is 0 Å². The van der Waals surface area contributed by atoms with Crippen molar-refractivity contribution in [3.05, 3.63) is 0 Å². The molecule has 7 heteroatoms. The van der Waals surface area contributed by atoms with Crippen LogP contribution in [-0.2, 0) is 14.9 Å². The van der Waals surface area contributed by atoms with Crippen molar-refractivity contribution >= 4 is 16.0 Å². The predicted molar refractivity (Wildman–Crippen MR) is 88.8 cm³/mol. The second kappa shape index (κ2) is 11.0. The Kier molecular flexibility index (Phi) is 11.8. The van der Waals surface area contributed by atoms with Crippen LogP contribution in [0.1, 0.15) is 54.9 Å². The summed E-state index contributed by atoms with van der Waals surface area (Å²) in [5.74, 6) is -1.01. The zero-order chi connectivity index (χ0) is 18.0. The molecule has 0 aliphatic rings. The first-order valence-corrected chi connectivity index (χ1v) is 9.59. The van der Waals surface area contributed by atoms with Crippen molar-refractivity contribution in [2.45, 2.75) is 60.4 Å². The van der Waals surface area contributed by atoms with E-state index in [1.54, 1.807) is 11.8 Å². The Morgan fingerprint density at radius 1 is 1.14 bits per heavy atom. The van der Waals surface area contributed by atoms with E-state index in [2.05, 4.69) is 26.1 Å². The summed E-state index contributed by atoms with van der Waals surface area (Å²) in [4.78, 5) is 13.1. The lowest BCUT2D eigenvalue weighted by Crippen LogP contribution is -3.11. The third kappa shape index (κ3) is 13.0. The van der Waals surface area contributed by atoms with Crippen molar-refractivity contribution in [3.63, 3.8) is 0 Å². The molecule has 0 saturated carbocycles. The molecular formula is C15H34N2O4S. The monoisotopic (exact) mass is 338 g/mol. The van der Waals surface area contributed by atoms with Crippen molar-refractivity contribution in [3.8, 4) is 0 Å². The van der Waals surface area contributed by atoms with Crippen molar-refractivity contribution in [2.24, 2.45) is 5.92 Å². The Hall–Kier alpha value is -0.660. The molecule has 0 aromatic carbocycles. The van der Waals surface area contributed by atoms with Crippen LogP contribution in [0.15, 0.2) is 0 Å². The highest BCUT2D eigenvalue weighted by molar-refractivity contribution is 7.85. The maximum absolute atomic E-state index is 11.5. The van der Waals surface area contributed by atoms with Gasteiger partial charge in [0, 0.05) is 11.5 Å². The minimum atomic E-state index is -4.32. The van der Waals surface area contributed by atoms with Gasteiger partial charge >= 0.3 is 0 Å². The van der Waals surface area contributed by atoms with Crippen molar-refractivity contribution in [1.82, 2.24) is 5.32 Å². The van der Waals surface area contributed by atoms with Gasteiger partial charge < -0.3 is 14.8 Å². The number of amides is 1. The summed E-state index contributed by atoms with van der Waals surface area (Å²) in [6.45, 7) is 17.1. The number of carbonyl (C=O) groups is 1. The minimum absolute atomic E-state index is 0.182. The molecule has 6 nitrogen and oxygen atoms in total. The summed E-state index contributed by atoms with van der Waals surface area (Å²) in [5.41, 5.74) is -1.01. The van der Waals surface area contributed by atoms with E-state index in [1.807, 2.05) is 6.92 Å². The van der Waals surface area contributed by atoms with Gasteiger partial charge in [0.05, 0.1) is 35.5 Å². The summed E-state index contributed by atoms with van der Waals surface area (Å²) in [6, 6.07) is 0. The Labute approximate surface area is 136 Å². The van der Waals surface area contributed by atoms with Gasteiger partial charge in [-0.1, -0.05) is 13.8 Å². The summed E-state index contributed by atoms with van der Waals surface area (Å²) in [5, 5.41) is 2.55. The molecule has 2 N–H and O–H groups in total. The van der Waals surface area contributed by atoms with E-state index in [-0.39, 0.29) is 11.8 Å². The maximum Gasteiger partial charge on any atom is 0.223 e. The topological polar surface area (TPSA) is 90.7 Å². The molecule has 0 saturated heterocycles. The summed E-state index contributed by atoms with van der Waals surface area (Å²) < 4.78 is 31.7. The molecule has 1 unspecified atom stereocenters. The fraction of sp³-hybridized carbons (Fsp3) is 0.933. The first-order valence-electron chi connectivity index (χ1n) is 8.01. The molecule has 134 valence electrons. The summed E-state index contributed by atoms with van der Waals surface area (Å²) in [7, 11) is -4.32. The average Bonchev–Trinajstić information content (AvgIpc) is 2.37. The number of hydrogen-bond acceptors (Lipinski definition) is 4. The standard InChI is InChI=1S/C9H19NO4S.C6H15N/c1-5-7(2)8(11)10-9(3,4)6-15(12,13)14;1-4-7(5-2)6-3/h7H,5-6H2,1-4H3,(H,10,11)(H,12,13,14);4-6H2,1-3H3. The van der Waals surface area contributed by atoms with Gasteiger partial charge in [-0.15, -0.1) is 0 Å². The molecule has 0 aromatic heterocycles. The molecule has 0 spiro atoms. The van der Waals surface area contributed by atoms with Gasteiger partial charge in [-0.25, -0.2) is 8.42 Å². The molecule has 0 bridgehead atoms. The third-order valence-electron chi connectivity index (χ3n) is 3.56. The van der Waals surface area contributed by atoms with Crippen molar-refractivity contribution in [1.29, 1.82) is 0 Å². The average molecular weight is 339 g/mol. The first kappa shape index (κ1) is 23.6. The van der Waals surface area contributed by atoms with Crippen LogP contribution in [0.4, 0.5) is 0 Å². The summed E-state index contributed by atoms with van der Waals surface area (Å²) >= 11 is 0. The highest BCUT2D eigenvalue weighted by atomic mass is 32.2. The molecule has 0 aromatic rings. The zero-order valence-corrected chi connectivity index (χ0v) is 16.0. The fourth-order valence-electron chi connectivity index (χ4n) is 1.87. The van der Waals surface area contributed by atoms with Gasteiger partial charge in [0.15, 0.2) is 0 Å². The van der Waals surface area contributed by atoms with Crippen molar-refractivity contribution < 1.29 is 22.7 Å². The normalized spacial score (nSPS) is 13.3. The zero-order valence-electron chi connectivity index (χ0n) is 15.2. The molecule has 1 amide bonds. The van der Waals surface area contributed by atoms with Crippen LogP contribution in [0.25, 0.3) is 0 Å². The van der Waals surface area contributed by atoms with Crippen LogP contribution in [-0.4, -0.2) is 49.8 Å². The van der Waals surface area contributed by atoms with Crippen LogP contribution in [0.3, 0.4) is 0 Å². The van der Waals surface area contributed by atoms with E-state index < -0.39 is 21.4 Å². The molecule has 0 fully saturated rings. The van der Waals surface area contributed by atoms with Crippen LogP contribution >= 0.6 is 0 Å². The minimum Gasteiger partial charge on any atom is -0.748 e.